The van der Waals surface area contributed by atoms with Crippen LogP contribution in [0.2, 0.25) is 0 Å². The molecule has 16 heavy (non-hydrogen) atoms. The first kappa shape index (κ1) is 14.3. The molecule has 1 rings (SSSR count). The molecule has 5 nitrogen and oxygen atoms in total. The predicted molar refractivity (Wildman–Crippen MR) is 60.4 cm³/mol. The Bertz CT molecular complexity index is 359. The van der Waals surface area contributed by atoms with E-state index in [1.165, 1.54) is 25.3 Å². The molecule has 0 aliphatic heterocycles. The summed E-state index contributed by atoms with van der Waals surface area (Å²) in [7, 11) is 1.42. The highest BCUT2D eigenvalue weighted by Gasteiger charge is 2.00. The van der Waals surface area contributed by atoms with Gasteiger partial charge in [0.25, 0.3) is 5.91 Å². The Morgan fingerprint density at radius 2 is 2.06 bits per heavy atom. The fourth-order valence-corrected chi connectivity index (χ4v) is 1.43. The van der Waals surface area contributed by atoms with Crippen LogP contribution in [0, 0.1) is 0 Å². The summed E-state index contributed by atoms with van der Waals surface area (Å²) >= 11 is 1.47. The third kappa shape index (κ3) is 6.72. The van der Waals surface area contributed by atoms with E-state index in [2.05, 4.69) is 5.32 Å². The van der Waals surface area contributed by atoms with E-state index in [0.717, 1.165) is 4.88 Å². The van der Waals surface area contributed by atoms with Gasteiger partial charge in [-0.3, -0.25) is 14.4 Å². The highest BCUT2D eigenvalue weighted by Crippen LogP contribution is 2.08. The number of hydrogen-bond donors (Lipinski definition) is 2. The van der Waals surface area contributed by atoms with Crippen molar-refractivity contribution in [1.29, 1.82) is 0 Å². The van der Waals surface area contributed by atoms with Crippen molar-refractivity contribution in [3.05, 3.63) is 22.4 Å². The van der Waals surface area contributed by atoms with Gasteiger partial charge in [0.05, 0.1) is 6.42 Å². The maximum Gasteiger partial charge on any atom is 0.308 e. The molecule has 0 spiro atoms. The topological polar surface area (TPSA) is 83.5 Å². The molecule has 1 heterocycles. The van der Waals surface area contributed by atoms with Crippen molar-refractivity contribution in [3.63, 3.8) is 0 Å². The van der Waals surface area contributed by atoms with Gasteiger partial charge in [-0.1, -0.05) is 6.07 Å². The summed E-state index contributed by atoms with van der Waals surface area (Å²) in [6.45, 7) is 1.22. The van der Waals surface area contributed by atoms with E-state index in [1.54, 1.807) is 0 Å². The molecule has 0 fully saturated rings. The molecule has 0 saturated heterocycles. The van der Waals surface area contributed by atoms with Crippen LogP contribution in [0.15, 0.2) is 17.5 Å². The van der Waals surface area contributed by atoms with Crippen molar-refractivity contribution in [2.75, 3.05) is 7.05 Å². The molecular formula is C10H13NO4S. The standard InChI is InChI=1S/C6H6O2S.C4H7NO2/c7-6(8)4-5-2-1-3-9-5;1-3(6)4(7)5-2/h1-3H,4H2,(H,7,8);1-2H3,(H,5,7). The first-order valence-corrected chi connectivity index (χ1v) is 5.32. The average molecular weight is 243 g/mol. The van der Waals surface area contributed by atoms with E-state index in [1.807, 2.05) is 17.5 Å². The van der Waals surface area contributed by atoms with Gasteiger partial charge in [-0.2, -0.15) is 0 Å². The summed E-state index contributed by atoms with van der Waals surface area (Å²) in [6.07, 6.45) is 0.150. The zero-order valence-electron chi connectivity index (χ0n) is 9.02. The van der Waals surface area contributed by atoms with Gasteiger partial charge in [-0.25, -0.2) is 0 Å². The Labute approximate surface area is 97.1 Å². The molecule has 0 saturated carbocycles. The van der Waals surface area contributed by atoms with Crippen LogP contribution >= 0.6 is 11.3 Å². The molecule has 88 valence electrons. The van der Waals surface area contributed by atoms with Gasteiger partial charge < -0.3 is 10.4 Å². The second-order valence-corrected chi connectivity index (χ2v) is 3.82. The Morgan fingerprint density at radius 1 is 1.44 bits per heavy atom. The molecule has 1 aromatic heterocycles. The van der Waals surface area contributed by atoms with E-state index in [9.17, 15) is 14.4 Å². The number of rotatable bonds is 3. The summed E-state index contributed by atoms with van der Waals surface area (Å²) in [6, 6.07) is 3.67. The van der Waals surface area contributed by atoms with Crippen molar-refractivity contribution in [2.45, 2.75) is 13.3 Å². The van der Waals surface area contributed by atoms with Crippen molar-refractivity contribution < 1.29 is 19.5 Å². The summed E-state index contributed by atoms with van der Waals surface area (Å²) in [5.41, 5.74) is 0. The first-order valence-electron chi connectivity index (χ1n) is 4.44. The number of carboxylic acids is 1. The van der Waals surface area contributed by atoms with Gasteiger partial charge in [0.2, 0.25) is 5.78 Å². The van der Waals surface area contributed by atoms with Gasteiger partial charge in [0.15, 0.2) is 0 Å². The smallest absolute Gasteiger partial charge is 0.308 e. The maximum atomic E-state index is 10.1. The van der Waals surface area contributed by atoms with E-state index < -0.39 is 17.7 Å². The van der Waals surface area contributed by atoms with E-state index in [-0.39, 0.29) is 6.42 Å². The Morgan fingerprint density at radius 3 is 2.31 bits per heavy atom. The molecule has 0 bridgehead atoms. The molecule has 0 aliphatic rings. The SMILES string of the molecule is CNC(=O)C(C)=O.O=C(O)Cc1cccs1. The van der Waals surface area contributed by atoms with Crippen molar-refractivity contribution in [1.82, 2.24) is 5.32 Å². The van der Waals surface area contributed by atoms with Crippen LogP contribution in [0.1, 0.15) is 11.8 Å². The average Bonchev–Trinajstić information content (AvgIpc) is 2.69. The minimum Gasteiger partial charge on any atom is -0.481 e. The normalized spacial score (nSPS) is 8.62. The summed E-state index contributed by atoms with van der Waals surface area (Å²) in [5.74, 6) is -1.76. The van der Waals surface area contributed by atoms with Crippen LogP contribution in [0.3, 0.4) is 0 Å². The third-order valence-electron chi connectivity index (χ3n) is 1.45. The quantitative estimate of drug-likeness (QED) is 0.765. The largest absolute Gasteiger partial charge is 0.481 e. The number of ketones is 1. The number of thiophene rings is 1. The van der Waals surface area contributed by atoms with Crippen molar-refractivity contribution in [2.24, 2.45) is 0 Å². The number of amides is 1. The highest BCUT2D eigenvalue weighted by molar-refractivity contribution is 7.10. The highest BCUT2D eigenvalue weighted by atomic mass is 32.1. The fourth-order valence-electron chi connectivity index (χ4n) is 0.738. The summed E-state index contributed by atoms with van der Waals surface area (Å²) < 4.78 is 0. The summed E-state index contributed by atoms with van der Waals surface area (Å²) in [4.78, 5) is 31.0. The zero-order chi connectivity index (χ0) is 12.6. The van der Waals surface area contributed by atoms with Crippen LogP contribution in [0.25, 0.3) is 0 Å². The summed E-state index contributed by atoms with van der Waals surface area (Å²) in [5, 5.41) is 12.3. The van der Waals surface area contributed by atoms with Crippen LogP contribution in [0.5, 0.6) is 0 Å². The molecule has 1 aromatic rings. The number of carbonyl (C=O) groups excluding carboxylic acids is 2. The number of aliphatic carboxylic acids is 1. The molecule has 0 atom stereocenters. The first-order chi connectivity index (χ1) is 7.47. The lowest BCUT2D eigenvalue weighted by atomic mass is 10.3. The number of carbonyl (C=O) groups is 3. The molecule has 1 amide bonds. The monoisotopic (exact) mass is 243 g/mol. The number of carboxylic acid groups (broad SMARTS) is 1. The molecular weight excluding hydrogens is 230 g/mol. The Hall–Kier alpha value is -1.69. The lowest BCUT2D eigenvalue weighted by Crippen LogP contribution is -2.24. The van der Waals surface area contributed by atoms with E-state index in [4.69, 9.17) is 5.11 Å². The van der Waals surface area contributed by atoms with E-state index >= 15 is 0 Å². The lowest BCUT2D eigenvalue weighted by molar-refractivity contribution is -0.136. The maximum absolute atomic E-state index is 10.1. The molecule has 0 radical (unpaired) electrons. The molecule has 0 aliphatic carbocycles. The van der Waals surface area contributed by atoms with Gasteiger partial charge in [0, 0.05) is 18.8 Å². The minimum atomic E-state index is -0.766. The second kappa shape index (κ2) is 7.58. The van der Waals surface area contributed by atoms with Gasteiger partial charge in [-0.05, 0) is 11.4 Å². The molecule has 0 aromatic carbocycles. The Kier molecular flexibility index (Phi) is 6.78. The number of hydrogen-bond acceptors (Lipinski definition) is 4. The minimum absolute atomic E-state index is 0.150. The van der Waals surface area contributed by atoms with Crippen LogP contribution < -0.4 is 5.32 Å². The van der Waals surface area contributed by atoms with Crippen LogP contribution in [-0.4, -0.2) is 29.8 Å². The lowest BCUT2D eigenvalue weighted by Gasteiger charge is -1.86. The van der Waals surface area contributed by atoms with Crippen LogP contribution in [0.4, 0.5) is 0 Å². The van der Waals surface area contributed by atoms with Crippen LogP contribution in [-0.2, 0) is 20.8 Å². The molecule has 2 N–H and O–H groups in total. The van der Waals surface area contributed by atoms with Gasteiger partial charge in [0.1, 0.15) is 0 Å². The molecule has 6 heteroatoms. The third-order valence-corrected chi connectivity index (χ3v) is 2.33. The second-order valence-electron chi connectivity index (χ2n) is 2.79. The zero-order valence-corrected chi connectivity index (χ0v) is 9.84. The Balaban J connectivity index is 0.000000293. The number of Topliss-reactive ketones (excluding diaryl/α,β-unsaturated/α-hetero) is 1. The van der Waals surface area contributed by atoms with E-state index in [0.29, 0.717) is 0 Å². The number of likely N-dealkylation sites (N-methyl/N-ethyl adjacent to an activating group) is 1. The van der Waals surface area contributed by atoms with Gasteiger partial charge >= 0.3 is 5.97 Å². The van der Waals surface area contributed by atoms with Crippen molar-refractivity contribution >= 4 is 29.0 Å². The predicted octanol–water partition coefficient (Wildman–Crippen LogP) is 0.697. The van der Waals surface area contributed by atoms with Gasteiger partial charge in [-0.15, -0.1) is 11.3 Å². The molecule has 0 unspecified atom stereocenters. The fraction of sp³-hybridized carbons (Fsp3) is 0.300. The van der Waals surface area contributed by atoms with Crippen molar-refractivity contribution in [3.8, 4) is 0 Å². The number of nitrogens with one attached hydrogen (secondary N) is 1.